The maximum atomic E-state index is 13.1. The molecule has 0 bridgehead atoms. The van der Waals surface area contributed by atoms with Gasteiger partial charge in [-0.3, -0.25) is 24.0 Å². The average Bonchev–Trinajstić information content (AvgIpc) is 3.27. The van der Waals surface area contributed by atoms with Gasteiger partial charge in [0.2, 0.25) is 23.6 Å². The van der Waals surface area contributed by atoms with Crippen molar-refractivity contribution < 1.29 is 39.0 Å². The fourth-order valence-corrected chi connectivity index (χ4v) is 3.01. The summed E-state index contributed by atoms with van der Waals surface area (Å²) in [6, 6.07) is -5.53. The van der Waals surface area contributed by atoms with Gasteiger partial charge in [-0.2, -0.15) is 0 Å². The Hall–Kier alpha value is -4.01. The Kier molecular flexibility index (Phi) is 11.3. The minimum absolute atomic E-state index is 0.0769. The number of H-pyrrole nitrogens is 1. The van der Waals surface area contributed by atoms with Gasteiger partial charge in [0, 0.05) is 18.3 Å². The van der Waals surface area contributed by atoms with Crippen LogP contribution in [0.2, 0.25) is 0 Å². The molecule has 0 radical (unpaired) electrons. The summed E-state index contributed by atoms with van der Waals surface area (Å²) in [6.45, 7) is 3.36. The molecule has 0 fully saturated rings. The van der Waals surface area contributed by atoms with Crippen molar-refractivity contribution in [3.05, 3.63) is 18.2 Å². The first kappa shape index (κ1) is 29.0. The predicted octanol–water partition coefficient (Wildman–Crippen LogP) is -2.79. The number of aromatic nitrogens is 2. The van der Waals surface area contributed by atoms with E-state index in [1.165, 1.54) is 12.5 Å². The number of hydrogen-bond acceptors (Lipinski definition) is 8. The molecule has 4 amide bonds. The second kappa shape index (κ2) is 13.6. The van der Waals surface area contributed by atoms with Gasteiger partial charge in [-0.1, -0.05) is 20.3 Å². The molecule has 0 saturated heterocycles. The quantitative estimate of drug-likeness (QED) is 0.123. The summed E-state index contributed by atoms with van der Waals surface area (Å²) in [7, 11) is 0. The Balaban J connectivity index is 3.09. The third-order valence-electron chi connectivity index (χ3n) is 5.16. The Labute approximate surface area is 200 Å². The van der Waals surface area contributed by atoms with Gasteiger partial charge in [-0.25, -0.2) is 9.78 Å². The highest BCUT2D eigenvalue weighted by Gasteiger charge is 2.33. The first-order chi connectivity index (χ1) is 16.3. The van der Waals surface area contributed by atoms with Crippen molar-refractivity contribution in [1.82, 2.24) is 25.9 Å². The monoisotopic (exact) mass is 497 g/mol. The van der Waals surface area contributed by atoms with E-state index in [-0.39, 0.29) is 6.42 Å². The number of nitrogens with zero attached hydrogens (tertiary/aromatic N) is 1. The average molecular weight is 498 g/mol. The van der Waals surface area contributed by atoms with E-state index in [1.54, 1.807) is 13.8 Å². The van der Waals surface area contributed by atoms with Crippen LogP contribution in [0.1, 0.15) is 38.8 Å². The lowest BCUT2D eigenvalue weighted by atomic mass is 9.97. The summed E-state index contributed by atoms with van der Waals surface area (Å²) < 4.78 is 0. The Morgan fingerprint density at radius 3 is 2.11 bits per heavy atom. The Bertz CT molecular complexity index is 921. The molecule has 0 aliphatic rings. The van der Waals surface area contributed by atoms with E-state index in [1.807, 2.05) is 0 Å². The summed E-state index contributed by atoms with van der Waals surface area (Å²) in [5.74, 6) is -6.83. The van der Waals surface area contributed by atoms with Crippen LogP contribution in [0.4, 0.5) is 0 Å². The first-order valence-electron chi connectivity index (χ1n) is 10.7. The van der Waals surface area contributed by atoms with Crippen LogP contribution in [0.5, 0.6) is 0 Å². The summed E-state index contributed by atoms with van der Waals surface area (Å²) in [4.78, 5) is 78.3. The highest BCUT2D eigenvalue weighted by atomic mass is 16.4. The van der Waals surface area contributed by atoms with Gasteiger partial charge in [-0.15, -0.1) is 0 Å². The molecule has 15 nitrogen and oxygen atoms in total. The van der Waals surface area contributed by atoms with E-state index in [0.29, 0.717) is 12.1 Å². The molecule has 1 rings (SSSR count). The van der Waals surface area contributed by atoms with E-state index >= 15 is 0 Å². The fourth-order valence-electron chi connectivity index (χ4n) is 3.01. The van der Waals surface area contributed by atoms with Gasteiger partial charge in [0.1, 0.15) is 18.1 Å². The highest BCUT2D eigenvalue weighted by Crippen LogP contribution is 2.10. The normalized spacial score (nSPS) is 15.1. The van der Waals surface area contributed by atoms with Crippen LogP contribution in [0, 0.1) is 5.92 Å². The van der Waals surface area contributed by atoms with E-state index in [9.17, 15) is 33.9 Å². The van der Waals surface area contributed by atoms with Crippen LogP contribution in [0.25, 0.3) is 0 Å². The molecule has 1 heterocycles. The molecule has 1 aromatic rings. The Morgan fingerprint density at radius 1 is 1.00 bits per heavy atom. The van der Waals surface area contributed by atoms with E-state index < -0.39 is 78.5 Å². The fraction of sp³-hybridized carbons (Fsp3) is 0.550. The maximum Gasteiger partial charge on any atom is 0.326 e. The molecule has 5 atom stereocenters. The van der Waals surface area contributed by atoms with Gasteiger partial charge in [-0.05, 0) is 5.92 Å². The molecule has 1 aromatic heterocycles. The molecule has 5 unspecified atom stereocenters. The van der Waals surface area contributed by atoms with Gasteiger partial charge >= 0.3 is 11.9 Å². The topological polar surface area (TPSA) is 260 Å². The largest absolute Gasteiger partial charge is 0.481 e. The highest BCUT2D eigenvalue weighted by molar-refractivity contribution is 5.95. The number of imidazole rings is 1. The molecule has 10 N–H and O–H groups in total. The number of carboxylic acid groups (broad SMARTS) is 2. The number of carboxylic acids is 2. The minimum atomic E-state index is -1.71. The SMILES string of the molecule is CCC(C)C(NC(=O)C(Cc1cnc[nH]1)NC(=O)C(N)CC(N)=O)C(=O)NC(CC(=O)O)C(=O)O. The molecule has 0 saturated carbocycles. The predicted molar refractivity (Wildman–Crippen MR) is 119 cm³/mol. The van der Waals surface area contributed by atoms with Crippen molar-refractivity contribution in [2.75, 3.05) is 0 Å². The summed E-state index contributed by atoms with van der Waals surface area (Å²) in [5, 5.41) is 25.1. The van der Waals surface area contributed by atoms with Crippen LogP contribution in [0.3, 0.4) is 0 Å². The van der Waals surface area contributed by atoms with E-state index in [4.69, 9.17) is 16.6 Å². The molecule has 0 aliphatic heterocycles. The van der Waals surface area contributed by atoms with Gasteiger partial charge < -0.3 is 42.6 Å². The number of nitrogens with two attached hydrogens (primary N) is 2. The zero-order valence-electron chi connectivity index (χ0n) is 19.3. The van der Waals surface area contributed by atoms with Crippen molar-refractivity contribution in [3.8, 4) is 0 Å². The van der Waals surface area contributed by atoms with Crippen molar-refractivity contribution in [1.29, 1.82) is 0 Å². The number of amides is 4. The number of rotatable bonds is 15. The zero-order chi connectivity index (χ0) is 26.7. The number of carbonyl (C=O) groups is 6. The molecule has 0 aromatic carbocycles. The molecular formula is C20H31N7O8. The van der Waals surface area contributed by atoms with Crippen LogP contribution in [0.15, 0.2) is 12.5 Å². The lowest BCUT2D eigenvalue weighted by Gasteiger charge is -2.27. The molecule has 35 heavy (non-hydrogen) atoms. The van der Waals surface area contributed by atoms with Crippen molar-refractivity contribution in [3.63, 3.8) is 0 Å². The van der Waals surface area contributed by atoms with Crippen molar-refractivity contribution in [2.24, 2.45) is 17.4 Å². The van der Waals surface area contributed by atoms with Crippen molar-refractivity contribution in [2.45, 2.75) is 63.7 Å². The smallest absolute Gasteiger partial charge is 0.326 e. The number of aromatic amines is 1. The van der Waals surface area contributed by atoms with E-state index in [2.05, 4.69) is 25.9 Å². The summed E-state index contributed by atoms with van der Waals surface area (Å²) >= 11 is 0. The van der Waals surface area contributed by atoms with Crippen LogP contribution < -0.4 is 27.4 Å². The first-order valence-corrected chi connectivity index (χ1v) is 10.7. The standard InChI is InChI=1S/C20H31N7O8/c1-3-9(2)16(19(33)26-13(20(34)35)6-15(29)30)27-18(32)12(4-10-7-23-8-24-10)25-17(31)11(21)5-14(22)28/h7-9,11-13,16H,3-6,21H2,1-2H3,(H2,22,28)(H,23,24)(H,25,31)(H,26,33)(H,27,32)(H,29,30)(H,34,35). The molecule has 0 aliphatic carbocycles. The minimum Gasteiger partial charge on any atom is -0.481 e. The van der Waals surface area contributed by atoms with Crippen LogP contribution >= 0.6 is 0 Å². The summed E-state index contributed by atoms with van der Waals surface area (Å²) in [6.07, 6.45) is 1.77. The van der Waals surface area contributed by atoms with Gasteiger partial charge in [0.15, 0.2) is 0 Å². The Morgan fingerprint density at radius 2 is 1.63 bits per heavy atom. The van der Waals surface area contributed by atoms with Gasteiger partial charge in [0.05, 0.1) is 25.2 Å². The third kappa shape index (κ3) is 9.79. The number of hydrogen-bond donors (Lipinski definition) is 8. The summed E-state index contributed by atoms with van der Waals surface area (Å²) in [5.41, 5.74) is 11.2. The molecule has 194 valence electrons. The second-order valence-electron chi connectivity index (χ2n) is 7.99. The lowest BCUT2D eigenvalue weighted by molar-refractivity contribution is -0.147. The van der Waals surface area contributed by atoms with Gasteiger partial charge in [0.25, 0.3) is 0 Å². The maximum absolute atomic E-state index is 13.1. The number of nitrogens with one attached hydrogen (secondary N) is 4. The van der Waals surface area contributed by atoms with Crippen LogP contribution in [-0.4, -0.2) is 79.9 Å². The lowest BCUT2D eigenvalue weighted by Crippen LogP contribution is -2.59. The zero-order valence-corrected chi connectivity index (χ0v) is 19.3. The number of aliphatic carboxylic acids is 2. The van der Waals surface area contributed by atoms with Crippen molar-refractivity contribution >= 4 is 35.6 Å². The third-order valence-corrected chi connectivity index (χ3v) is 5.16. The number of carbonyl (C=O) groups excluding carboxylic acids is 4. The molecule has 15 heteroatoms. The van der Waals surface area contributed by atoms with Crippen LogP contribution in [-0.2, 0) is 35.2 Å². The molecule has 0 spiro atoms. The number of primary amides is 1. The molecular weight excluding hydrogens is 466 g/mol. The van der Waals surface area contributed by atoms with E-state index in [0.717, 1.165) is 0 Å². The second-order valence-corrected chi connectivity index (χ2v) is 7.99.